The molecule has 0 unspecified atom stereocenters. The van der Waals surface area contributed by atoms with E-state index in [4.69, 9.17) is 11.6 Å². The number of benzene rings is 2. The average Bonchev–Trinajstić information content (AvgIpc) is 2.47. The average molecular weight is 325 g/mol. The first kappa shape index (κ1) is 15.5. The molecule has 0 atom stereocenters. The first-order valence-corrected chi connectivity index (χ1v) is 8.11. The number of hydrogen-bond donors (Lipinski definition) is 0. The van der Waals surface area contributed by atoms with Crippen LogP contribution in [0.2, 0.25) is 5.02 Å². The Kier molecular flexibility index (Phi) is 4.65. The van der Waals surface area contributed by atoms with Gasteiger partial charge in [-0.25, -0.2) is 13.2 Å². The van der Waals surface area contributed by atoms with Gasteiger partial charge in [-0.1, -0.05) is 35.9 Å². The lowest BCUT2D eigenvalue weighted by Gasteiger charge is -2.07. The SMILES string of the molecule is COC(=O)c1ccc(CS(=O)(=O)c2ccccc2Cl)cc1. The molecule has 0 saturated heterocycles. The summed E-state index contributed by atoms with van der Waals surface area (Å²) in [6.45, 7) is 0. The maximum absolute atomic E-state index is 12.3. The van der Waals surface area contributed by atoms with Gasteiger partial charge in [-0.2, -0.15) is 0 Å². The summed E-state index contributed by atoms with van der Waals surface area (Å²) in [7, 11) is -2.24. The van der Waals surface area contributed by atoms with Crippen molar-refractivity contribution in [3.05, 3.63) is 64.7 Å². The van der Waals surface area contributed by atoms with Gasteiger partial charge in [0.15, 0.2) is 9.84 Å². The van der Waals surface area contributed by atoms with Crippen molar-refractivity contribution in [2.75, 3.05) is 7.11 Å². The van der Waals surface area contributed by atoms with Crippen LogP contribution in [-0.2, 0) is 20.3 Å². The quantitative estimate of drug-likeness (QED) is 0.811. The second kappa shape index (κ2) is 6.28. The minimum Gasteiger partial charge on any atom is -0.465 e. The molecule has 0 bridgehead atoms. The zero-order valence-corrected chi connectivity index (χ0v) is 12.8. The molecule has 4 nitrogen and oxygen atoms in total. The van der Waals surface area contributed by atoms with Crippen LogP contribution in [0.4, 0.5) is 0 Å². The van der Waals surface area contributed by atoms with E-state index in [-0.39, 0.29) is 15.7 Å². The Balaban J connectivity index is 2.25. The molecular weight excluding hydrogens is 312 g/mol. The van der Waals surface area contributed by atoms with Crippen LogP contribution >= 0.6 is 11.6 Å². The minimum absolute atomic E-state index is 0.101. The number of carbonyl (C=O) groups is 1. The Morgan fingerprint density at radius 1 is 1.10 bits per heavy atom. The number of methoxy groups -OCH3 is 1. The molecule has 6 heteroatoms. The Bertz CT molecular complexity index is 751. The number of ether oxygens (including phenoxy) is 1. The normalized spacial score (nSPS) is 11.1. The Labute approximate surface area is 128 Å². The van der Waals surface area contributed by atoms with Crippen LogP contribution in [-0.4, -0.2) is 21.5 Å². The summed E-state index contributed by atoms with van der Waals surface area (Å²) in [5.74, 6) is -0.645. The Hall–Kier alpha value is -1.85. The first-order chi connectivity index (χ1) is 9.94. The standard InChI is InChI=1S/C15H13ClO4S/c1-20-15(17)12-8-6-11(7-9-12)10-21(18,19)14-5-3-2-4-13(14)16/h2-9H,10H2,1H3. The van der Waals surface area contributed by atoms with Crippen LogP contribution in [0, 0.1) is 0 Å². The predicted octanol–water partition coefficient (Wildman–Crippen LogP) is 3.10. The summed E-state index contributed by atoms with van der Waals surface area (Å²) in [6.07, 6.45) is 0. The fraction of sp³-hybridized carbons (Fsp3) is 0.133. The lowest BCUT2D eigenvalue weighted by molar-refractivity contribution is 0.0600. The van der Waals surface area contributed by atoms with Crippen molar-refractivity contribution in [2.45, 2.75) is 10.6 Å². The molecule has 0 aliphatic carbocycles. The minimum atomic E-state index is -3.53. The van der Waals surface area contributed by atoms with Crippen LogP contribution in [0.1, 0.15) is 15.9 Å². The summed E-state index contributed by atoms with van der Waals surface area (Å²) in [4.78, 5) is 11.4. The molecule has 0 aliphatic heterocycles. The van der Waals surface area contributed by atoms with E-state index in [1.54, 1.807) is 24.3 Å². The van der Waals surface area contributed by atoms with Crippen molar-refractivity contribution < 1.29 is 17.9 Å². The molecule has 2 aromatic carbocycles. The number of esters is 1. The van der Waals surface area contributed by atoms with Gasteiger partial charge >= 0.3 is 5.97 Å². The van der Waals surface area contributed by atoms with Crippen molar-refractivity contribution in [3.63, 3.8) is 0 Å². The molecule has 0 aliphatic rings. The van der Waals surface area contributed by atoms with Gasteiger partial charge in [0.05, 0.1) is 28.3 Å². The third kappa shape index (κ3) is 3.62. The molecule has 0 aromatic heterocycles. The van der Waals surface area contributed by atoms with E-state index in [0.29, 0.717) is 11.1 Å². The van der Waals surface area contributed by atoms with Crippen molar-refractivity contribution in [3.8, 4) is 0 Å². The van der Waals surface area contributed by atoms with E-state index in [2.05, 4.69) is 4.74 Å². The zero-order chi connectivity index (χ0) is 15.5. The molecular formula is C15H13ClO4S. The van der Waals surface area contributed by atoms with E-state index in [1.165, 1.54) is 31.4 Å². The van der Waals surface area contributed by atoms with Crippen molar-refractivity contribution in [2.24, 2.45) is 0 Å². The van der Waals surface area contributed by atoms with E-state index in [9.17, 15) is 13.2 Å². The van der Waals surface area contributed by atoms with Gasteiger partial charge in [0, 0.05) is 0 Å². The lowest BCUT2D eigenvalue weighted by atomic mass is 10.1. The highest BCUT2D eigenvalue weighted by Crippen LogP contribution is 2.24. The van der Waals surface area contributed by atoms with Gasteiger partial charge in [-0.3, -0.25) is 0 Å². The monoisotopic (exact) mass is 324 g/mol. The molecule has 0 N–H and O–H groups in total. The van der Waals surface area contributed by atoms with E-state index in [1.807, 2.05) is 0 Å². The summed E-state index contributed by atoms with van der Waals surface area (Å²) in [5.41, 5.74) is 0.943. The fourth-order valence-electron chi connectivity index (χ4n) is 1.85. The van der Waals surface area contributed by atoms with Crippen LogP contribution in [0.25, 0.3) is 0 Å². The summed E-state index contributed by atoms with van der Waals surface area (Å²) in [6, 6.07) is 12.5. The second-order valence-electron chi connectivity index (χ2n) is 4.38. The number of sulfone groups is 1. The van der Waals surface area contributed by atoms with Gasteiger partial charge in [-0.15, -0.1) is 0 Å². The van der Waals surface area contributed by atoms with Crippen LogP contribution in [0.3, 0.4) is 0 Å². The van der Waals surface area contributed by atoms with Crippen LogP contribution in [0.15, 0.2) is 53.4 Å². The summed E-state index contributed by atoms with van der Waals surface area (Å²) < 4.78 is 29.2. The topological polar surface area (TPSA) is 60.4 Å². The molecule has 0 fully saturated rings. The van der Waals surface area contributed by atoms with Crippen molar-refractivity contribution in [1.29, 1.82) is 0 Å². The zero-order valence-electron chi connectivity index (χ0n) is 11.2. The smallest absolute Gasteiger partial charge is 0.337 e. The van der Waals surface area contributed by atoms with Crippen molar-refractivity contribution >= 4 is 27.4 Å². The van der Waals surface area contributed by atoms with Crippen LogP contribution < -0.4 is 0 Å². The van der Waals surface area contributed by atoms with E-state index < -0.39 is 15.8 Å². The van der Waals surface area contributed by atoms with Gasteiger partial charge in [0.1, 0.15) is 0 Å². The third-order valence-corrected chi connectivity index (χ3v) is 5.08. The third-order valence-electron chi connectivity index (χ3n) is 2.90. The number of rotatable bonds is 4. The molecule has 2 aromatic rings. The van der Waals surface area contributed by atoms with Gasteiger partial charge in [0.25, 0.3) is 0 Å². The number of hydrogen-bond acceptors (Lipinski definition) is 4. The molecule has 0 saturated carbocycles. The highest BCUT2D eigenvalue weighted by Gasteiger charge is 2.18. The van der Waals surface area contributed by atoms with Crippen LogP contribution in [0.5, 0.6) is 0 Å². The molecule has 110 valence electrons. The maximum atomic E-state index is 12.3. The van der Waals surface area contributed by atoms with Crippen molar-refractivity contribution in [1.82, 2.24) is 0 Å². The molecule has 2 rings (SSSR count). The van der Waals surface area contributed by atoms with Gasteiger partial charge < -0.3 is 4.74 Å². The predicted molar refractivity (Wildman–Crippen MR) is 80.1 cm³/mol. The highest BCUT2D eigenvalue weighted by atomic mass is 35.5. The molecule has 0 spiro atoms. The maximum Gasteiger partial charge on any atom is 0.337 e. The largest absolute Gasteiger partial charge is 0.465 e. The Morgan fingerprint density at radius 2 is 1.71 bits per heavy atom. The number of halogens is 1. The summed E-state index contributed by atoms with van der Waals surface area (Å²) >= 11 is 5.92. The first-order valence-electron chi connectivity index (χ1n) is 6.08. The van der Waals surface area contributed by atoms with E-state index in [0.717, 1.165) is 0 Å². The Morgan fingerprint density at radius 3 is 2.29 bits per heavy atom. The second-order valence-corrected chi connectivity index (χ2v) is 6.74. The number of carbonyl (C=O) groups excluding carboxylic acids is 1. The molecule has 0 radical (unpaired) electrons. The fourth-order valence-corrected chi connectivity index (χ4v) is 3.78. The highest BCUT2D eigenvalue weighted by molar-refractivity contribution is 7.90. The summed E-state index contributed by atoms with van der Waals surface area (Å²) in [5, 5.41) is 0.198. The molecule has 0 heterocycles. The molecule has 21 heavy (non-hydrogen) atoms. The lowest BCUT2D eigenvalue weighted by Crippen LogP contribution is -2.06. The van der Waals surface area contributed by atoms with E-state index >= 15 is 0 Å². The molecule has 0 amide bonds. The van der Waals surface area contributed by atoms with Gasteiger partial charge in [-0.05, 0) is 29.8 Å². The van der Waals surface area contributed by atoms with Gasteiger partial charge in [0.2, 0.25) is 0 Å².